The topological polar surface area (TPSA) is 52.0 Å². The predicted octanol–water partition coefficient (Wildman–Crippen LogP) is 3.13. The number of hydrogen-bond donors (Lipinski definition) is 1. The predicted molar refractivity (Wildman–Crippen MR) is 58.7 cm³/mol. The molecule has 0 spiro atoms. The molecule has 15 heavy (non-hydrogen) atoms. The van der Waals surface area contributed by atoms with Crippen LogP contribution >= 0.6 is 15.9 Å². The third-order valence-electron chi connectivity index (χ3n) is 2.01. The van der Waals surface area contributed by atoms with E-state index in [4.69, 9.17) is 10.2 Å². The third kappa shape index (κ3) is 1.87. The Kier molecular flexibility index (Phi) is 2.48. The van der Waals surface area contributed by atoms with Crippen LogP contribution in [0.2, 0.25) is 0 Å². The molecule has 1 aromatic carbocycles. The summed E-state index contributed by atoms with van der Waals surface area (Å²) in [5.74, 6) is 0.305. The minimum Gasteiger partial charge on any atom is -0.429 e. The molecule has 1 aromatic heterocycles. The van der Waals surface area contributed by atoms with E-state index in [-0.39, 0.29) is 11.8 Å². The summed E-state index contributed by atoms with van der Waals surface area (Å²) in [4.78, 5) is 4.02. The average Bonchev–Trinajstić information content (AvgIpc) is 2.50. The van der Waals surface area contributed by atoms with Crippen LogP contribution in [0.3, 0.4) is 0 Å². The minimum absolute atomic E-state index is 0.114. The number of nitrogens with zero attached hydrogens (tertiary/aromatic N) is 1. The number of oxazole rings is 1. The van der Waals surface area contributed by atoms with Gasteiger partial charge in [-0.3, -0.25) is 0 Å². The number of benzene rings is 1. The van der Waals surface area contributed by atoms with Crippen LogP contribution in [0.4, 0.5) is 10.4 Å². The fraction of sp³-hybridized carbons (Fsp3) is 0.100. The van der Waals surface area contributed by atoms with Crippen LogP contribution in [0.25, 0.3) is 11.3 Å². The van der Waals surface area contributed by atoms with Crippen molar-refractivity contribution >= 4 is 21.9 Å². The Morgan fingerprint density at radius 2 is 2.20 bits per heavy atom. The number of halogens is 2. The highest BCUT2D eigenvalue weighted by atomic mass is 79.9. The number of aromatic nitrogens is 1. The maximum absolute atomic E-state index is 13.0. The van der Waals surface area contributed by atoms with Gasteiger partial charge in [0.2, 0.25) is 0 Å². The summed E-state index contributed by atoms with van der Waals surface area (Å²) < 4.78 is 18.5. The normalized spacial score (nSPS) is 10.6. The van der Waals surface area contributed by atoms with E-state index in [1.807, 2.05) is 0 Å². The van der Waals surface area contributed by atoms with Gasteiger partial charge in [0.25, 0.3) is 6.01 Å². The molecule has 2 rings (SSSR count). The van der Waals surface area contributed by atoms with Crippen molar-refractivity contribution in [3.8, 4) is 11.3 Å². The molecule has 0 saturated carbocycles. The van der Waals surface area contributed by atoms with Gasteiger partial charge < -0.3 is 10.2 Å². The molecule has 0 aliphatic heterocycles. The molecule has 0 unspecified atom stereocenters. The van der Waals surface area contributed by atoms with Crippen LogP contribution in [0.5, 0.6) is 0 Å². The van der Waals surface area contributed by atoms with Crippen molar-refractivity contribution in [2.75, 3.05) is 5.73 Å². The van der Waals surface area contributed by atoms with Crippen LogP contribution in [0.1, 0.15) is 5.76 Å². The van der Waals surface area contributed by atoms with Gasteiger partial charge in [-0.1, -0.05) is 0 Å². The number of hydrogen-bond acceptors (Lipinski definition) is 3. The zero-order valence-corrected chi connectivity index (χ0v) is 9.51. The minimum atomic E-state index is -0.312. The van der Waals surface area contributed by atoms with Crippen molar-refractivity contribution < 1.29 is 8.81 Å². The molecule has 0 fully saturated rings. The highest BCUT2D eigenvalue weighted by molar-refractivity contribution is 9.10. The summed E-state index contributed by atoms with van der Waals surface area (Å²) >= 11 is 3.11. The smallest absolute Gasteiger partial charge is 0.292 e. The van der Waals surface area contributed by atoms with Crippen LogP contribution < -0.4 is 5.73 Å². The summed E-state index contributed by atoms with van der Waals surface area (Å²) in [6, 6.07) is 4.75. The van der Waals surface area contributed by atoms with E-state index in [9.17, 15) is 4.39 Å². The number of rotatable bonds is 1. The van der Waals surface area contributed by atoms with E-state index in [0.717, 1.165) is 5.56 Å². The van der Waals surface area contributed by atoms with E-state index >= 15 is 0 Å². The Morgan fingerprint density at radius 1 is 1.47 bits per heavy atom. The lowest BCUT2D eigenvalue weighted by Crippen LogP contribution is -1.85. The summed E-state index contributed by atoms with van der Waals surface area (Å²) in [6.45, 7) is 1.76. The number of nitrogens with two attached hydrogens (primary N) is 1. The van der Waals surface area contributed by atoms with Crippen molar-refractivity contribution in [3.05, 3.63) is 34.2 Å². The highest BCUT2D eigenvalue weighted by Crippen LogP contribution is 2.27. The first kappa shape index (κ1) is 10.2. The molecule has 1 heterocycles. The van der Waals surface area contributed by atoms with Gasteiger partial charge in [-0.05, 0) is 41.1 Å². The first-order valence-corrected chi connectivity index (χ1v) is 5.05. The Balaban J connectivity index is 2.54. The standard InChI is InChI=1S/C10H8BrFN2O/c1-5-9(14-10(13)15-5)6-2-3-8(12)7(11)4-6/h2-4H,1H3,(H2,13,14). The maximum atomic E-state index is 13.0. The highest BCUT2D eigenvalue weighted by Gasteiger charge is 2.11. The molecule has 78 valence electrons. The van der Waals surface area contributed by atoms with Crippen LogP contribution in [-0.2, 0) is 0 Å². The Bertz CT molecular complexity index is 510. The fourth-order valence-corrected chi connectivity index (χ4v) is 1.71. The summed E-state index contributed by atoms with van der Waals surface area (Å²) in [5, 5.41) is 0. The summed E-state index contributed by atoms with van der Waals surface area (Å²) in [5.41, 5.74) is 6.82. The molecule has 3 nitrogen and oxygen atoms in total. The fourth-order valence-electron chi connectivity index (χ4n) is 1.33. The van der Waals surface area contributed by atoms with Crippen LogP contribution in [0, 0.1) is 12.7 Å². The molecule has 0 amide bonds. The van der Waals surface area contributed by atoms with E-state index in [0.29, 0.717) is 15.9 Å². The van der Waals surface area contributed by atoms with Gasteiger partial charge >= 0.3 is 0 Å². The lowest BCUT2D eigenvalue weighted by molar-refractivity contribution is 0.548. The molecule has 0 aliphatic rings. The van der Waals surface area contributed by atoms with Gasteiger partial charge in [-0.15, -0.1) is 0 Å². The molecular formula is C10H8BrFN2O. The molecule has 0 bridgehead atoms. The van der Waals surface area contributed by atoms with Crippen molar-refractivity contribution in [3.63, 3.8) is 0 Å². The van der Waals surface area contributed by atoms with Crippen molar-refractivity contribution in [1.82, 2.24) is 4.98 Å². The van der Waals surface area contributed by atoms with E-state index < -0.39 is 0 Å². The second kappa shape index (κ2) is 3.66. The quantitative estimate of drug-likeness (QED) is 0.866. The first-order valence-electron chi connectivity index (χ1n) is 4.26. The van der Waals surface area contributed by atoms with E-state index in [1.165, 1.54) is 6.07 Å². The summed E-state index contributed by atoms with van der Waals surface area (Å²) in [7, 11) is 0. The molecule has 0 atom stereocenters. The lowest BCUT2D eigenvalue weighted by atomic mass is 10.1. The SMILES string of the molecule is Cc1oc(N)nc1-c1ccc(F)c(Br)c1. The number of nitrogen functional groups attached to an aromatic ring is 1. The van der Waals surface area contributed by atoms with Gasteiger partial charge in [0.15, 0.2) is 0 Å². The molecule has 2 aromatic rings. The van der Waals surface area contributed by atoms with Crippen molar-refractivity contribution in [2.24, 2.45) is 0 Å². The first-order chi connectivity index (χ1) is 7.08. The Labute approximate surface area is 94.2 Å². The van der Waals surface area contributed by atoms with Crippen molar-refractivity contribution in [1.29, 1.82) is 0 Å². The van der Waals surface area contributed by atoms with Crippen molar-refractivity contribution in [2.45, 2.75) is 6.92 Å². The van der Waals surface area contributed by atoms with E-state index in [2.05, 4.69) is 20.9 Å². The van der Waals surface area contributed by atoms with E-state index in [1.54, 1.807) is 19.1 Å². The molecule has 5 heteroatoms. The zero-order valence-electron chi connectivity index (χ0n) is 7.92. The number of aryl methyl sites for hydroxylation is 1. The maximum Gasteiger partial charge on any atom is 0.292 e. The van der Waals surface area contributed by atoms with Crippen LogP contribution in [-0.4, -0.2) is 4.98 Å². The summed E-state index contributed by atoms with van der Waals surface area (Å²) in [6.07, 6.45) is 0. The lowest BCUT2D eigenvalue weighted by Gasteiger charge is -1.99. The molecule has 0 aliphatic carbocycles. The van der Waals surface area contributed by atoms with Gasteiger partial charge in [0.1, 0.15) is 17.3 Å². The molecule has 2 N–H and O–H groups in total. The second-order valence-electron chi connectivity index (χ2n) is 3.09. The zero-order chi connectivity index (χ0) is 11.0. The molecule has 0 saturated heterocycles. The number of anilines is 1. The van der Waals surface area contributed by atoms with Gasteiger partial charge in [0.05, 0.1) is 4.47 Å². The van der Waals surface area contributed by atoms with Gasteiger partial charge in [0, 0.05) is 5.56 Å². The van der Waals surface area contributed by atoms with Gasteiger partial charge in [-0.25, -0.2) is 4.39 Å². The molecule has 0 radical (unpaired) electrons. The monoisotopic (exact) mass is 270 g/mol. The average molecular weight is 271 g/mol. The van der Waals surface area contributed by atoms with Gasteiger partial charge in [-0.2, -0.15) is 4.98 Å². The third-order valence-corrected chi connectivity index (χ3v) is 2.61. The Morgan fingerprint density at radius 3 is 2.73 bits per heavy atom. The van der Waals surface area contributed by atoms with Crippen LogP contribution in [0.15, 0.2) is 27.1 Å². The second-order valence-corrected chi connectivity index (χ2v) is 3.94. The Hall–Kier alpha value is -1.36. The largest absolute Gasteiger partial charge is 0.429 e. The molecular weight excluding hydrogens is 263 g/mol.